The van der Waals surface area contributed by atoms with Crippen LogP contribution in [0.3, 0.4) is 0 Å². The SMILES string of the molecule is c1ccc(-c2nc(-c3ccc(-c4cccc5ccccc45)cc3)nc(-n3c4ccccc4c4c5cccc6c5n(c43)-c3ccccc3S6)n2)cc1. The molecule has 0 atom stereocenters. The summed E-state index contributed by atoms with van der Waals surface area (Å²) in [7, 11) is 0. The molecule has 238 valence electrons. The fourth-order valence-electron chi connectivity index (χ4n) is 7.72. The Balaban J connectivity index is 1.18. The lowest BCUT2D eigenvalue weighted by Gasteiger charge is -2.20. The average Bonchev–Trinajstić information content (AvgIpc) is 3.72. The van der Waals surface area contributed by atoms with E-state index in [-0.39, 0.29) is 0 Å². The Morgan fingerprint density at radius 1 is 0.431 bits per heavy atom. The number of fused-ring (bicyclic) bond motifs is 8. The monoisotopic (exact) mass is 669 g/mol. The Hall–Kier alpha value is -6.50. The molecule has 10 aromatic rings. The van der Waals surface area contributed by atoms with Gasteiger partial charge in [0.05, 0.1) is 16.7 Å². The van der Waals surface area contributed by atoms with Crippen LogP contribution in [-0.4, -0.2) is 24.1 Å². The first-order valence-corrected chi connectivity index (χ1v) is 17.9. The molecule has 0 unspecified atom stereocenters. The predicted molar refractivity (Wildman–Crippen MR) is 209 cm³/mol. The molecular formula is C45H27N5S. The van der Waals surface area contributed by atoms with Gasteiger partial charge in [0.2, 0.25) is 5.95 Å². The highest BCUT2D eigenvalue weighted by atomic mass is 32.2. The number of hydrogen-bond acceptors (Lipinski definition) is 4. The second-order valence-corrected chi connectivity index (χ2v) is 13.9. The van der Waals surface area contributed by atoms with Gasteiger partial charge >= 0.3 is 0 Å². The minimum Gasteiger partial charge on any atom is -0.293 e. The van der Waals surface area contributed by atoms with Crippen LogP contribution < -0.4 is 0 Å². The quantitative estimate of drug-likeness (QED) is 0.187. The standard InChI is InChI=1S/C45H27N5S/c1-2-13-30(14-3-1)42-46-43(31-26-24-29(25-27-31)33-18-10-15-28-12-4-5-16-32(28)33)48-45(47-42)50-36-20-7-6-17-34(36)40-35-19-11-23-39-41(35)49(44(40)50)37-21-8-9-22-38(37)51-39/h1-27H. The zero-order valence-corrected chi connectivity index (χ0v) is 28.0. The van der Waals surface area contributed by atoms with Crippen LogP contribution in [0.5, 0.6) is 0 Å². The smallest absolute Gasteiger partial charge is 0.239 e. The third-order valence-corrected chi connectivity index (χ3v) is 11.1. The molecule has 51 heavy (non-hydrogen) atoms. The summed E-state index contributed by atoms with van der Waals surface area (Å²) in [5.74, 6) is 1.84. The predicted octanol–water partition coefficient (Wildman–Crippen LogP) is 11.5. The Morgan fingerprint density at radius 2 is 1.06 bits per heavy atom. The molecule has 0 bridgehead atoms. The maximum Gasteiger partial charge on any atom is 0.239 e. The summed E-state index contributed by atoms with van der Waals surface area (Å²) in [5.41, 5.74) is 8.70. The minimum atomic E-state index is 0.583. The third kappa shape index (κ3) is 4.27. The first kappa shape index (κ1) is 28.3. The maximum absolute atomic E-state index is 5.29. The first-order chi connectivity index (χ1) is 25.3. The highest BCUT2D eigenvalue weighted by Gasteiger charge is 2.28. The minimum absolute atomic E-state index is 0.583. The van der Waals surface area contributed by atoms with Crippen LogP contribution in [0.1, 0.15) is 0 Å². The number of aromatic nitrogens is 5. The topological polar surface area (TPSA) is 48.5 Å². The molecule has 11 rings (SSSR count). The van der Waals surface area contributed by atoms with Crippen molar-refractivity contribution in [1.29, 1.82) is 0 Å². The van der Waals surface area contributed by atoms with Crippen LogP contribution in [0, 0.1) is 0 Å². The van der Waals surface area contributed by atoms with E-state index in [0.29, 0.717) is 17.6 Å². The Labute approximate surface area is 297 Å². The lowest BCUT2D eigenvalue weighted by Crippen LogP contribution is -2.10. The van der Waals surface area contributed by atoms with E-state index in [1.807, 2.05) is 30.0 Å². The van der Waals surface area contributed by atoms with Crippen molar-refractivity contribution in [2.45, 2.75) is 9.79 Å². The molecule has 0 radical (unpaired) electrons. The van der Waals surface area contributed by atoms with E-state index < -0.39 is 0 Å². The van der Waals surface area contributed by atoms with Gasteiger partial charge in [-0.15, -0.1) is 0 Å². The molecule has 0 fully saturated rings. The highest BCUT2D eigenvalue weighted by molar-refractivity contribution is 7.99. The van der Waals surface area contributed by atoms with Crippen molar-refractivity contribution in [1.82, 2.24) is 24.1 Å². The molecule has 0 aliphatic carbocycles. The molecule has 0 spiro atoms. The molecule has 3 aromatic heterocycles. The van der Waals surface area contributed by atoms with E-state index in [0.717, 1.165) is 33.5 Å². The fourth-order valence-corrected chi connectivity index (χ4v) is 8.81. The molecule has 6 heteroatoms. The van der Waals surface area contributed by atoms with Gasteiger partial charge in [-0.2, -0.15) is 9.97 Å². The molecule has 7 aromatic carbocycles. The van der Waals surface area contributed by atoms with Crippen molar-refractivity contribution in [3.63, 3.8) is 0 Å². The summed E-state index contributed by atoms with van der Waals surface area (Å²) in [6, 6.07) is 57.7. The van der Waals surface area contributed by atoms with Crippen LogP contribution in [0.15, 0.2) is 174 Å². The normalized spacial score (nSPS) is 12.2. The van der Waals surface area contributed by atoms with Crippen LogP contribution in [0.4, 0.5) is 0 Å². The van der Waals surface area contributed by atoms with E-state index in [1.165, 1.54) is 47.8 Å². The summed E-state index contributed by atoms with van der Waals surface area (Å²) in [4.78, 5) is 18.1. The van der Waals surface area contributed by atoms with Crippen molar-refractivity contribution in [2.75, 3.05) is 0 Å². The average molecular weight is 670 g/mol. The van der Waals surface area contributed by atoms with Gasteiger partial charge in [-0.05, 0) is 46.2 Å². The van der Waals surface area contributed by atoms with Crippen LogP contribution in [0.2, 0.25) is 0 Å². The van der Waals surface area contributed by atoms with Crippen molar-refractivity contribution >= 4 is 55.4 Å². The van der Waals surface area contributed by atoms with E-state index in [9.17, 15) is 0 Å². The largest absolute Gasteiger partial charge is 0.293 e. The van der Waals surface area contributed by atoms with E-state index >= 15 is 0 Å². The number of para-hydroxylation sites is 3. The first-order valence-electron chi connectivity index (χ1n) is 17.0. The van der Waals surface area contributed by atoms with Crippen LogP contribution in [-0.2, 0) is 0 Å². The zero-order valence-electron chi connectivity index (χ0n) is 27.2. The summed E-state index contributed by atoms with van der Waals surface area (Å²) >= 11 is 1.83. The van der Waals surface area contributed by atoms with Crippen molar-refractivity contribution in [2.24, 2.45) is 0 Å². The molecule has 0 N–H and O–H groups in total. The van der Waals surface area contributed by atoms with Crippen molar-refractivity contribution in [3.8, 4) is 45.5 Å². The lowest BCUT2D eigenvalue weighted by atomic mass is 9.97. The van der Waals surface area contributed by atoms with Gasteiger partial charge in [0.15, 0.2) is 11.6 Å². The second kappa shape index (κ2) is 11.0. The number of benzene rings is 7. The van der Waals surface area contributed by atoms with E-state index in [4.69, 9.17) is 15.0 Å². The lowest BCUT2D eigenvalue weighted by molar-refractivity contribution is 0.927. The second-order valence-electron chi connectivity index (χ2n) is 12.9. The Morgan fingerprint density at radius 3 is 1.92 bits per heavy atom. The zero-order chi connectivity index (χ0) is 33.5. The van der Waals surface area contributed by atoms with Gasteiger partial charge in [0.1, 0.15) is 5.65 Å². The molecule has 0 saturated heterocycles. The molecule has 5 nitrogen and oxygen atoms in total. The maximum atomic E-state index is 5.29. The van der Waals surface area contributed by atoms with Gasteiger partial charge in [-0.1, -0.05) is 151 Å². The molecule has 0 amide bonds. The number of rotatable bonds is 4. The molecule has 1 aliphatic heterocycles. The third-order valence-electron chi connectivity index (χ3n) is 9.98. The van der Waals surface area contributed by atoms with Gasteiger partial charge in [0, 0.05) is 37.1 Å². The summed E-state index contributed by atoms with van der Waals surface area (Å²) in [5, 5.41) is 6.05. The van der Waals surface area contributed by atoms with Gasteiger partial charge in [0.25, 0.3) is 0 Å². The van der Waals surface area contributed by atoms with Crippen molar-refractivity contribution in [3.05, 3.63) is 164 Å². The van der Waals surface area contributed by atoms with Gasteiger partial charge in [-0.3, -0.25) is 9.13 Å². The van der Waals surface area contributed by atoms with Crippen LogP contribution in [0.25, 0.3) is 89.2 Å². The van der Waals surface area contributed by atoms with E-state index in [2.05, 4.69) is 155 Å². The summed E-state index contributed by atoms with van der Waals surface area (Å²) < 4.78 is 4.65. The Kier molecular flexibility index (Phi) is 6.12. The van der Waals surface area contributed by atoms with Gasteiger partial charge < -0.3 is 0 Å². The highest BCUT2D eigenvalue weighted by Crippen LogP contribution is 2.49. The fraction of sp³-hybridized carbons (Fsp3) is 0. The number of hydrogen-bond donors (Lipinski definition) is 0. The van der Waals surface area contributed by atoms with Gasteiger partial charge in [-0.25, -0.2) is 4.98 Å². The van der Waals surface area contributed by atoms with Crippen molar-refractivity contribution < 1.29 is 0 Å². The van der Waals surface area contributed by atoms with E-state index in [1.54, 1.807) is 0 Å². The molecule has 1 aliphatic rings. The molecule has 0 saturated carbocycles. The molecular weight excluding hydrogens is 643 g/mol. The summed E-state index contributed by atoms with van der Waals surface area (Å²) in [6.45, 7) is 0. The Bertz CT molecular complexity index is 2990. The summed E-state index contributed by atoms with van der Waals surface area (Å²) in [6.07, 6.45) is 0. The van der Waals surface area contributed by atoms with Crippen LogP contribution >= 0.6 is 11.8 Å². The number of nitrogens with zero attached hydrogens (tertiary/aromatic N) is 5. The molecule has 4 heterocycles.